The van der Waals surface area contributed by atoms with Gasteiger partial charge < -0.3 is 9.84 Å². The van der Waals surface area contributed by atoms with Gasteiger partial charge in [-0.25, -0.2) is 4.39 Å². The standard InChI is InChI=1S/C11H16FNO2/c1-3-11(14,8-15-4-2)10-6-5-9(12)7-13-10/h5-7,14H,3-4,8H2,1-2H3. The van der Waals surface area contributed by atoms with Crippen molar-refractivity contribution in [1.82, 2.24) is 4.98 Å². The molecule has 0 aromatic carbocycles. The zero-order chi connectivity index (χ0) is 11.3. The highest BCUT2D eigenvalue weighted by Gasteiger charge is 2.28. The first-order valence-corrected chi connectivity index (χ1v) is 5.04. The third-order valence-corrected chi connectivity index (χ3v) is 2.33. The molecule has 1 atom stereocenters. The summed E-state index contributed by atoms with van der Waals surface area (Å²) in [7, 11) is 0. The molecule has 0 spiro atoms. The Hall–Kier alpha value is -1.00. The second-order valence-corrected chi connectivity index (χ2v) is 3.38. The number of halogens is 1. The molecule has 4 heteroatoms. The molecule has 1 unspecified atom stereocenters. The van der Waals surface area contributed by atoms with Gasteiger partial charge in [-0.15, -0.1) is 0 Å². The van der Waals surface area contributed by atoms with Crippen LogP contribution in [0.2, 0.25) is 0 Å². The molecule has 0 saturated carbocycles. The van der Waals surface area contributed by atoms with Crippen LogP contribution in [0.5, 0.6) is 0 Å². The van der Waals surface area contributed by atoms with E-state index in [4.69, 9.17) is 4.74 Å². The van der Waals surface area contributed by atoms with Crippen LogP contribution < -0.4 is 0 Å². The van der Waals surface area contributed by atoms with Gasteiger partial charge in [0.05, 0.1) is 18.5 Å². The van der Waals surface area contributed by atoms with Gasteiger partial charge in [0.2, 0.25) is 0 Å². The summed E-state index contributed by atoms with van der Waals surface area (Å²) in [5.74, 6) is -0.409. The summed E-state index contributed by atoms with van der Waals surface area (Å²) in [4.78, 5) is 3.87. The molecular weight excluding hydrogens is 197 g/mol. The first-order chi connectivity index (χ1) is 7.12. The highest BCUT2D eigenvalue weighted by molar-refractivity contribution is 5.13. The lowest BCUT2D eigenvalue weighted by Crippen LogP contribution is -2.32. The van der Waals surface area contributed by atoms with Crippen molar-refractivity contribution in [2.75, 3.05) is 13.2 Å². The fraction of sp³-hybridized carbons (Fsp3) is 0.545. The van der Waals surface area contributed by atoms with E-state index >= 15 is 0 Å². The van der Waals surface area contributed by atoms with E-state index in [1.54, 1.807) is 0 Å². The van der Waals surface area contributed by atoms with Crippen LogP contribution in [0.15, 0.2) is 18.3 Å². The van der Waals surface area contributed by atoms with E-state index in [9.17, 15) is 9.50 Å². The molecule has 1 aromatic rings. The summed E-state index contributed by atoms with van der Waals surface area (Å²) in [6, 6.07) is 2.77. The number of rotatable bonds is 5. The minimum atomic E-state index is -1.12. The first kappa shape index (κ1) is 12.1. The number of aromatic nitrogens is 1. The van der Waals surface area contributed by atoms with Gasteiger partial charge in [-0.2, -0.15) is 0 Å². The zero-order valence-electron chi connectivity index (χ0n) is 9.03. The highest BCUT2D eigenvalue weighted by Crippen LogP contribution is 2.23. The van der Waals surface area contributed by atoms with E-state index in [1.165, 1.54) is 12.1 Å². The maximum atomic E-state index is 12.7. The van der Waals surface area contributed by atoms with E-state index < -0.39 is 11.4 Å². The van der Waals surface area contributed by atoms with Crippen molar-refractivity contribution in [2.45, 2.75) is 25.9 Å². The normalized spacial score (nSPS) is 14.9. The lowest BCUT2D eigenvalue weighted by molar-refractivity contribution is -0.0536. The van der Waals surface area contributed by atoms with Crippen LogP contribution in [0.4, 0.5) is 4.39 Å². The molecule has 0 aliphatic heterocycles. The fourth-order valence-corrected chi connectivity index (χ4v) is 1.28. The summed E-state index contributed by atoms with van der Waals surface area (Å²) < 4.78 is 17.8. The Labute approximate surface area is 88.9 Å². The van der Waals surface area contributed by atoms with Crippen molar-refractivity contribution in [3.8, 4) is 0 Å². The number of aliphatic hydroxyl groups is 1. The number of hydrogen-bond acceptors (Lipinski definition) is 3. The minimum Gasteiger partial charge on any atom is -0.381 e. The molecule has 84 valence electrons. The predicted molar refractivity (Wildman–Crippen MR) is 54.9 cm³/mol. The second-order valence-electron chi connectivity index (χ2n) is 3.38. The van der Waals surface area contributed by atoms with Crippen LogP contribution >= 0.6 is 0 Å². The van der Waals surface area contributed by atoms with Crippen molar-refractivity contribution in [3.05, 3.63) is 29.8 Å². The Morgan fingerprint density at radius 3 is 2.67 bits per heavy atom. The van der Waals surface area contributed by atoms with Gasteiger partial charge in [0.25, 0.3) is 0 Å². The quantitative estimate of drug-likeness (QED) is 0.811. The van der Waals surface area contributed by atoms with Gasteiger partial charge in [-0.3, -0.25) is 4.98 Å². The zero-order valence-corrected chi connectivity index (χ0v) is 9.03. The maximum absolute atomic E-state index is 12.7. The molecule has 3 nitrogen and oxygen atoms in total. The molecule has 0 amide bonds. The van der Waals surface area contributed by atoms with Crippen molar-refractivity contribution in [2.24, 2.45) is 0 Å². The first-order valence-electron chi connectivity index (χ1n) is 5.04. The number of hydrogen-bond donors (Lipinski definition) is 1. The lowest BCUT2D eigenvalue weighted by Gasteiger charge is -2.25. The summed E-state index contributed by atoms with van der Waals surface area (Å²) in [6.07, 6.45) is 1.58. The smallest absolute Gasteiger partial charge is 0.141 e. The van der Waals surface area contributed by atoms with Crippen LogP contribution in [0.1, 0.15) is 26.0 Å². The van der Waals surface area contributed by atoms with Crippen LogP contribution in [0.3, 0.4) is 0 Å². The SMILES string of the molecule is CCOCC(O)(CC)c1ccc(F)cn1. The lowest BCUT2D eigenvalue weighted by atomic mass is 9.97. The van der Waals surface area contributed by atoms with Crippen LogP contribution in [-0.4, -0.2) is 23.3 Å². The van der Waals surface area contributed by atoms with Gasteiger partial charge in [0.15, 0.2) is 0 Å². The maximum Gasteiger partial charge on any atom is 0.141 e. The van der Waals surface area contributed by atoms with E-state index in [-0.39, 0.29) is 6.61 Å². The summed E-state index contributed by atoms with van der Waals surface area (Å²) in [6.45, 7) is 4.40. The molecule has 0 radical (unpaired) electrons. The fourth-order valence-electron chi connectivity index (χ4n) is 1.28. The van der Waals surface area contributed by atoms with Gasteiger partial charge in [0.1, 0.15) is 11.4 Å². The van der Waals surface area contributed by atoms with Crippen molar-refractivity contribution in [1.29, 1.82) is 0 Å². The van der Waals surface area contributed by atoms with Gasteiger partial charge in [0, 0.05) is 6.61 Å². The monoisotopic (exact) mass is 213 g/mol. The molecule has 1 aromatic heterocycles. The topological polar surface area (TPSA) is 42.4 Å². The molecular formula is C11H16FNO2. The molecule has 0 fully saturated rings. The third-order valence-electron chi connectivity index (χ3n) is 2.33. The molecule has 15 heavy (non-hydrogen) atoms. The minimum absolute atomic E-state index is 0.179. The third kappa shape index (κ3) is 2.97. The van der Waals surface area contributed by atoms with Gasteiger partial charge >= 0.3 is 0 Å². The van der Waals surface area contributed by atoms with Crippen molar-refractivity contribution < 1.29 is 14.2 Å². The summed E-state index contributed by atoms with van der Waals surface area (Å²) in [5, 5.41) is 10.2. The molecule has 1 N–H and O–H groups in total. The number of ether oxygens (including phenoxy) is 1. The number of nitrogens with zero attached hydrogens (tertiary/aromatic N) is 1. The average Bonchev–Trinajstić information content (AvgIpc) is 2.27. The van der Waals surface area contributed by atoms with E-state index in [0.717, 1.165) is 6.20 Å². The average molecular weight is 213 g/mol. The predicted octanol–water partition coefficient (Wildman–Crippen LogP) is 1.85. The van der Waals surface area contributed by atoms with Crippen molar-refractivity contribution >= 4 is 0 Å². The Balaban J connectivity index is 2.85. The molecule has 1 rings (SSSR count). The van der Waals surface area contributed by atoms with Crippen molar-refractivity contribution in [3.63, 3.8) is 0 Å². The van der Waals surface area contributed by atoms with Gasteiger partial charge in [-0.05, 0) is 25.5 Å². The van der Waals surface area contributed by atoms with Crippen LogP contribution in [0.25, 0.3) is 0 Å². The van der Waals surface area contributed by atoms with E-state index in [1.807, 2.05) is 13.8 Å². The van der Waals surface area contributed by atoms with Crippen LogP contribution in [0, 0.1) is 5.82 Å². The van der Waals surface area contributed by atoms with Crippen LogP contribution in [-0.2, 0) is 10.3 Å². The summed E-state index contributed by atoms with van der Waals surface area (Å²) >= 11 is 0. The second kappa shape index (κ2) is 5.19. The van der Waals surface area contributed by atoms with E-state index in [2.05, 4.69) is 4.98 Å². The number of pyridine rings is 1. The molecule has 1 heterocycles. The Kier molecular flexibility index (Phi) is 4.17. The molecule has 0 bridgehead atoms. The Morgan fingerprint density at radius 1 is 1.47 bits per heavy atom. The van der Waals surface area contributed by atoms with E-state index in [0.29, 0.717) is 18.7 Å². The molecule has 0 aliphatic carbocycles. The largest absolute Gasteiger partial charge is 0.381 e. The Bertz CT molecular complexity index is 302. The highest BCUT2D eigenvalue weighted by atomic mass is 19.1. The molecule has 0 aliphatic rings. The summed E-state index contributed by atoms with van der Waals surface area (Å²) in [5.41, 5.74) is -0.677. The molecule has 0 saturated heterocycles. The van der Waals surface area contributed by atoms with Gasteiger partial charge in [-0.1, -0.05) is 6.92 Å². The Morgan fingerprint density at radius 2 is 2.20 bits per heavy atom.